The van der Waals surface area contributed by atoms with Gasteiger partial charge in [0.05, 0.1) is 27.1 Å². The van der Waals surface area contributed by atoms with Gasteiger partial charge in [-0.25, -0.2) is 0 Å². The molecule has 3 heteroatoms. The number of rotatable bonds is 1. The molecule has 0 aliphatic heterocycles. The number of aromatic nitrogens is 3. The summed E-state index contributed by atoms with van der Waals surface area (Å²) >= 11 is 0. The van der Waals surface area contributed by atoms with Gasteiger partial charge in [-0.05, 0) is 324 Å². The van der Waals surface area contributed by atoms with Crippen molar-refractivity contribution in [1.82, 2.24) is 0 Å². The van der Waals surface area contributed by atoms with Crippen molar-refractivity contribution in [3.63, 3.8) is 0 Å². The monoisotopic (exact) mass is 1010 g/mol. The highest BCUT2D eigenvalue weighted by Gasteiger charge is 2.30. The van der Waals surface area contributed by atoms with E-state index < -0.39 is 0 Å². The van der Waals surface area contributed by atoms with Crippen LogP contribution < -0.4 is 13.7 Å². The summed E-state index contributed by atoms with van der Waals surface area (Å²) in [4.78, 5) is 0. The molecule has 3 nitrogen and oxygen atoms in total. The molecule has 0 bridgehead atoms. The zero-order chi connectivity index (χ0) is 57.4. The van der Waals surface area contributed by atoms with E-state index in [1.54, 1.807) is 0 Å². The summed E-state index contributed by atoms with van der Waals surface area (Å²) in [6.07, 6.45) is 0. The van der Waals surface area contributed by atoms with Crippen LogP contribution in [0.5, 0.6) is 0 Å². The molecule has 0 spiro atoms. The molecule has 0 unspecified atom stereocenters. The number of hydrogen-bond donors (Lipinski definition) is 0. The molecule has 0 amide bonds. The summed E-state index contributed by atoms with van der Waals surface area (Å²) in [6, 6.07) is 0. The van der Waals surface area contributed by atoms with Crippen LogP contribution in [0.3, 0.4) is 0 Å². The lowest BCUT2D eigenvalue weighted by molar-refractivity contribution is -0.667. The first kappa shape index (κ1) is 57.8. The van der Waals surface area contributed by atoms with Gasteiger partial charge in [-0.3, -0.25) is 0 Å². The van der Waals surface area contributed by atoms with Gasteiger partial charge in [0.1, 0.15) is 21.1 Å². The molecule has 0 aliphatic rings. The average molecular weight is 1020 g/mol. The minimum atomic E-state index is 1.35. The summed E-state index contributed by atoms with van der Waals surface area (Å²) in [7, 11) is 6.68. The van der Waals surface area contributed by atoms with Gasteiger partial charge in [-0.15, -0.1) is 0 Å². The van der Waals surface area contributed by atoms with Crippen LogP contribution in [0.1, 0.15) is 162 Å². The Hall–Kier alpha value is -5.93. The number of aryl methyl sites for hydroxylation is 12. The van der Waals surface area contributed by atoms with Crippen molar-refractivity contribution in [1.29, 1.82) is 0 Å². The standard InChI is InChI=1S/C29H36N.C23H30N.C21H30N/c1-13-14(2)19(7)26-24(18(13)6)25-20(8)15(3)16(4)21(9)27(25)29-28(26)22(10)17(5)23(11)30(29)12;1-11-12(2)15(5)22-20(14(11)4)17(7)18(8)21-16(6)13(3)19(9)24(10)23(21)22;1-11-12(2)16(6)20(17(7)13(11)3)21-18(8)14(4)15(5)19(9)22(21)10/h1-12H3;1-10H3;1-10H3/q3*+1. The SMILES string of the molecule is Cc1c(C)c(C)c(-c2c(C)c(C)c(C)c(C)[n+]2C)c(C)c1C.Cc1c(C)c(C)c2c(c1C)c(C)c(C)c1c(C)c(C)c(C)[n+](C)c12.Cc1c(C)c(C)c2c(c1C)c1c(C)c(C)c(C)c(C)c1c1c2c(C)c(C)c(C)[n+]1C. The Balaban J connectivity index is 0.000000168. The molecule has 3 heterocycles. The molecule has 76 heavy (non-hydrogen) atoms. The Morgan fingerprint density at radius 2 is 0.355 bits per heavy atom. The highest BCUT2D eigenvalue weighted by atomic mass is 15.0. The van der Waals surface area contributed by atoms with Crippen molar-refractivity contribution in [3.05, 3.63) is 162 Å². The summed E-state index contributed by atoms with van der Waals surface area (Å²) in [5.74, 6) is 0. The van der Waals surface area contributed by atoms with Gasteiger partial charge in [0, 0.05) is 43.0 Å². The lowest BCUT2D eigenvalue weighted by Crippen LogP contribution is -2.37. The second-order valence-electron chi connectivity index (χ2n) is 24.1. The summed E-state index contributed by atoms with van der Waals surface area (Å²) < 4.78 is 7.24. The Morgan fingerprint density at radius 3 is 0.737 bits per heavy atom. The lowest BCUT2D eigenvalue weighted by atomic mass is 9.80. The number of hydrogen-bond acceptors (Lipinski definition) is 0. The average Bonchev–Trinajstić information content (AvgIpc) is 3.40. The molecular weight excluding hydrogens is 919 g/mol. The van der Waals surface area contributed by atoms with Crippen molar-refractivity contribution in [3.8, 4) is 11.3 Å². The minimum absolute atomic E-state index is 1.35. The van der Waals surface area contributed by atoms with Crippen LogP contribution >= 0.6 is 0 Å². The number of benzene rings is 6. The van der Waals surface area contributed by atoms with Gasteiger partial charge in [-0.1, -0.05) is 0 Å². The van der Waals surface area contributed by atoms with E-state index in [4.69, 9.17) is 0 Å². The third-order valence-corrected chi connectivity index (χ3v) is 21.6. The van der Waals surface area contributed by atoms with E-state index in [-0.39, 0.29) is 0 Å². The zero-order valence-electron chi connectivity index (χ0n) is 53.8. The van der Waals surface area contributed by atoms with Crippen LogP contribution in [0.2, 0.25) is 0 Å². The van der Waals surface area contributed by atoms with E-state index in [2.05, 4.69) is 236 Å². The molecule has 0 atom stereocenters. The van der Waals surface area contributed by atoms with Gasteiger partial charge in [0.2, 0.25) is 16.7 Å². The molecule has 0 saturated heterocycles. The van der Waals surface area contributed by atoms with Gasteiger partial charge in [0.25, 0.3) is 0 Å². The Bertz CT molecular complexity index is 3550. The maximum Gasteiger partial charge on any atom is 0.221 e. The second-order valence-corrected chi connectivity index (χ2v) is 24.1. The van der Waals surface area contributed by atoms with Crippen LogP contribution in [0.25, 0.3) is 65.4 Å². The van der Waals surface area contributed by atoms with E-state index in [9.17, 15) is 0 Å². The summed E-state index contributed by atoms with van der Waals surface area (Å²) in [5, 5.41) is 11.6. The van der Waals surface area contributed by atoms with Crippen molar-refractivity contribution >= 4 is 54.1 Å². The lowest BCUT2D eigenvalue weighted by Gasteiger charge is -2.23. The van der Waals surface area contributed by atoms with Crippen LogP contribution in [-0.2, 0) is 21.1 Å². The largest absolute Gasteiger partial charge is 0.221 e. The first-order chi connectivity index (χ1) is 35.1. The molecule has 3 aromatic heterocycles. The highest BCUT2D eigenvalue weighted by molar-refractivity contribution is 6.28. The van der Waals surface area contributed by atoms with Crippen molar-refractivity contribution in [2.24, 2.45) is 21.1 Å². The van der Waals surface area contributed by atoms with E-state index in [0.29, 0.717) is 0 Å². The third-order valence-electron chi connectivity index (χ3n) is 21.6. The molecule has 6 aromatic carbocycles. The summed E-state index contributed by atoms with van der Waals surface area (Å²) in [6.45, 7) is 66.1. The zero-order valence-corrected chi connectivity index (χ0v) is 53.8. The molecule has 9 aromatic rings. The second kappa shape index (κ2) is 20.1. The molecule has 0 fully saturated rings. The fourth-order valence-corrected chi connectivity index (χ4v) is 13.7. The first-order valence-corrected chi connectivity index (χ1v) is 28.2. The van der Waals surface area contributed by atoms with E-state index in [1.165, 1.54) is 227 Å². The fraction of sp³-hybridized carbons (Fsp3) is 0.438. The highest BCUT2D eigenvalue weighted by Crippen LogP contribution is 2.46. The van der Waals surface area contributed by atoms with Crippen LogP contribution in [0.15, 0.2) is 0 Å². The maximum atomic E-state index is 2.45. The Morgan fingerprint density at radius 1 is 0.158 bits per heavy atom. The molecule has 0 aliphatic carbocycles. The molecular formula is C73H96N3+3. The predicted molar refractivity (Wildman–Crippen MR) is 333 cm³/mol. The van der Waals surface area contributed by atoms with Crippen molar-refractivity contribution in [2.75, 3.05) is 0 Å². The number of fused-ring (bicyclic) bond motifs is 9. The van der Waals surface area contributed by atoms with Gasteiger partial charge in [-0.2, -0.15) is 13.7 Å². The normalized spacial score (nSPS) is 11.7. The first-order valence-electron chi connectivity index (χ1n) is 28.2. The smallest absolute Gasteiger partial charge is 0.198 e. The van der Waals surface area contributed by atoms with Gasteiger partial charge < -0.3 is 0 Å². The quantitative estimate of drug-likeness (QED) is 0.115. The van der Waals surface area contributed by atoms with Crippen molar-refractivity contribution in [2.45, 2.75) is 201 Å². The van der Waals surface area contributed by atoms with Crippen LogP contribution in [-0.4, -0.2) is 0 Å². The van der Waals surface area contributed by atoms with E-state index in [1.807, 2.05) is 0 Å². The number of nitrogens with zero attached hydrogens (tertiary/aromatic N) is 3. The number of pyridine rings is 3. The molecule has 400 valence electrons. The van der Waals surface area contributed by atoms with E-state index in [0.717, 1.165) is 0 Å². The fourth-order valence-electron chi connectivity index (χ4n) is 13.7. The minimum Gasteiger partial charge on any atom is -0.198 e. The molecule has 0 saturated carbocycles. The maximum absolute atomic E-state index is 2.45. The Kier molecular flexibility index (Phi) is 15.3. The van der Waals surface area contributed by atoms with Gasteiger partial charge in [0.15, 0.2) is 17.1 Å². The van der Waals surface area contributed by atoms with Crippen LogP contribution in [0, 0.1) is 201 Å². The van der Waals surface area contributed by atoms with Gasteiger partial charge >= 0.3 is 0 Å². The third kappa shape index (κ3) is 8.13. The van der Waals surface area contributed by atoms with E-state index >= 15 is 0 Å². The summed E-state index contributed by atoms with van der Waals surface area (Å²) in [5.41, 5.74) is 46.7. The Labute approximate surface area is 460 Å². The molecule has 0 N–H and O–H groups in total. The van der Waals surface area contributed by atoms with Crippen LogP contribution in [0.4, 0.5) is 0 Å². The molecule has 9 rings (SSSR count). The topological polar surface area (TPSA) is 11.6 Å². The predicted octanol–water partition coefficient (Wildman–Crippen LogP) is 17.9. The van der Waals surface area contributed by atoms with Crippen molar-refractivity contribution < 1.29 is 13.7 Å². The molecule has 0 radical (unpaired) electrons.